The second-order valence-electron chi connectivity index (χ2n) is 6.82. The molecule has 1 aromatic heterocycles. The van der Waals surface area contributed by atoms with Crippen LogP contribution in [0.1, 0.15) is 53.2 Å². The van der Waals surface area contributed by atoms with Crippen LogP contribution in [0, 0.1) is 5.41 Å². The van der Waals surface area contributed by atoms with Gasteiger partial charge in [0.05, 0.1) is 13.2 Å². The SMILES string of the molecule is CCC1(CC)COc2c(c(C(=O)O)n(Cc3ccccc3)c2C(=O)O)OC1. The van der Waals surface area contributed by atoms with Gasteiger partial charge in [-0.15, -0.1) is 0 Å². The molecule has 2 heterocycles. The van der Waals surface area contributed by atoms with Crippen molar-refractivity contribution in [2.24, 2.45) is 5.41 Å². The van der Waals surface area contributed by atoms with E-state index in [2.05, 4.69) is 0 Å². The Kier molecular flexibility index (Phi) is 5.12. The Balaban J connectivity index is 2.14. The van der Waals surface area contributed by atoms with E-state index in [9.17, 15) is 19.8 Å². The number of fused-ring (bicyclic) bond motifs is 1. The highest BCUT2D eigenvalue weighted by atomic mass is 16.5. The van der Waals surface area contributed by atoms with Crippen LogP contribution in [0.15, 0.2) is 30.3 Å². The third-order valence-corrected chi connectivity index (χ3v) is 5.31. The molecule has 0 aliphatic carbocycles. The lowest BCUT2D eigenvalue weighted by atomic mass is 9.84. The minimum atomic E-state index is -1.25. The first-order chi connectivity index (χ1) is 12.9. The molecule has 27 heavy (non-hydrogen) atoms. The summed E-state index contributed by atoms with van der Waals surface area (Å²) in [7, 11) is 0. The molecule has 0 spiro atoms. The minimum Gasteiger partial charge on any atom is -0.487 e. The molecule has 7 nitrogen and oxygen atoms in total. The molecule has 0 atom stereocenters. The molecule has 0 radical (unpaired) electrons. The topological polar surface area (TPSA) is 98.0 Å². The lowest BCUT2D eigenvalue weighted by Crippen LogP contribution is -2.32. The zero-order chi connectivity index (χ0) is 19.6. The summed E-state index contributed by atoms with van der Waals surface area (Å²) in [6.07, 6.45) is 1.56. The number of hydrogen-bond acceptors (Lipinski definition) is 4. The number of aromatic carboxylic acids is 2. The molecule has 7 heteroatoms. The number of carboxylic acid groups (broad SMARTS) is 2. The Morgan fingerprint density at radius 3 is 1.85 bits per heavy atom. The van der Waals surface area contributed by atoms with Crippen LogP contribution in [0.25, 0.3) is 0 Å². The van der Waals surface area contributed by atoms with Gasteiger partial charge in [-0.25, -0.2) is 9.59 Å². The van der Waals surface area contributed by atoms with Crippen molar-refractivity contribution < 1.29 is 29.3 Å². The molecule has 0 fully saturated rings. The lowest BCUT2D eigenvalue weighted by molar-refractivity contribution is 0.0655. The van der Waals surface area contributed by atoms with Crippen molar-refractivity contribution in [3.8, 4) is 11.5 Å². The summed E-state index contributed by atoms with van der Waals surface area (Å²) in [6, 6.07) is 9.08. The van der Waals surface area contributed by atoms with Gasteiger partial charge in [0.2, 0.25) is 0 Å². The molecule has 2 N–H and O–H groups in total. The Hall–Kier alpha value is -2.96. The van der Waals surface area contributed by atoms with Crippen molar-refractivity contribution in [3.05, 3.63) is 47.3 Å². The summed E-state index contributed by atoms with van der Waals surface area (Å²) in [5.74, 6) is -2.50. The maximum atomic E-state index is 12.0. The number of rotatable bonds is 6. The van der Waals surface area contributed by atoms with Gasteiger partial charge in [0.1, 0.15) is 0 Å². The third kappa shape index (κ3) is 3.37. The van der Waals surface area contributed by atoms with E-state index < -0.39 is 11.9 Å². The summed E-state index contributed by atoms with van der Waals surface area (Å²) < 4.78 is 13.0. The minimum absolute atomic E-state index is 0.000365. The third-order valence-electron chi connectivity index (χ3n) is 5.31. The van der Waals surface area contributed by atoms with Gasteiger partial charge in [0, 0.05) is 12.0 Å². The summed E-state index contributed by atoms with van der Waals surface area (Å²) in [5.41, 5.74) is 0.106. The van der Waals surface area contributed by atoms with Crippen molar-refractivity contribution in [2.75, 3.05) is 13.2 Å². The van der Waals surface area contributed by atoms with Gasteiger partial charge in [-0.2, -0.15) is 0 Å². The molecule has 0 saturated carbocycles. The van der Waals surface area contributed by atoms with Crippen molar-refractivity contribution in [1.29, 1.82) is 0 Å². The molecule has 0 unspecified atom stereocenters. The largest absolute Gasteiger partial charge is 0.487 e. The van der Waals surface area contributed by atoms with Crippen LogP contribution in [-0.2, 0) is 6.54 Å². The summed E-state index contributed by atoms with van der Waals surface area (Å²) in [6.45, 7) is 4.68. The van der Waals surface area contributed by atoms with Gasteiger partial charge in [0.25, 0.3) is 0 Å². The zero-order valence-corrected chi connectivity index (χ0v) is 15.4. The van der Waals surface area contributed by atoms with E-state index in [0.29, 0.717) is 0 Å². The molecule has 1 aliphatic heterocycles. The maximum absolute atomic E-state index is 12.0. The van der Waals surface area contributed by atoms with Gasteiger partial charge in [-0.3, -0.25) is 0 Å². The predicted molar refractivity (Wildman–Crippen MR) is 97.9 cm³/mol. The van der Waals surface area contributed by atoms with E-state index in [-0.39, 0.29) is 48.1 Å². The quantitative estimate of drug-likeness (QED) is 0.804. The second-order valence-corrected chi connectivity index (χ2v) is 6.82. The smallest absolute Gasteiger partial charge is 0.356 e. The fraction of sp³-hybridized carbons (Fsp3) is 0.400. The molecular formula is C20H23NO6. The number of hydrogen-bond donors (Lipinski definition) is 2. The fourth-order valence-electron chi connectivity index (χ4n) is 3.34. The Morgan fingerprint density at radius 2 is 1.44 bits per heavy atom. The second kappa shape index (κ2) is 7.34. The molecule has 0 amide bonds. The van der Waals surface area contributed by atoms with Crippen LogP contribution in [0.5, 0.6) is 11.5 Å². The van der Waals surface area contributed by atoms with Gasteiger partial charge >= 0.3 is 11.9 Å². The number of aromatic nitrogens is 1. The summed E-state index contributed by atoms with van der Waals surface area (Å²) >= 11 is 0. The fourth-order valence-corrected chi connectivity index (χ4v) is 3.34. The number of ether oxygens (including phenoxy) is 2. The molecule has 0 saturated heterocycles. The van der Waals surface area contributed by atoms with Crippen LogP contribution in [-0.4, -0.2) is 39.9 Å². The Bertz CT molecular complexity index is 806. The van der Waals surface area contributed by atoms with Crippen LogP contribution in [0.3, 0.4) is 0 Å². The molecule has 2 aromatic rings. The van der Waals surface area contributed by atoms with E-state index in [1.807, 2.05) is 44.2 Å². The van der Waals surface area contributed by atoms with E-state index >= 15 is 0 Å². The maximum Gasteiger partial charge on any atom is 0.356 e. The summed E-state index contributed by atoms with van der Waals surface area (Å²) in [5, 5.41) is 19.6. The van der Waals surface area contributed by atoms with Crippen molar-refractivity contribution in [3.63, 3.8) is 0 Å². The summed E-state index contributed by atoms with van der Waals surface area (Å²) in [4.78, 5) is 24.0. The van der Waals surface area contributed by atoms with Crippen LogP contribution < -0.4 is 9.47 Å². The van der Waals surface area contributed by atoms with Crippen molar-refractivity contribution in [2.45, 2.75) is 33.2 Å². The number of carbonyl (C=O) groups is 2. The van der Waals surface area contributed by atoms with Crippen LogP contribution >= 0.6 is 0 Å². The monoisotopic (exact) mass is 373 g/mol. The first-order valence-corrected chi connectivity index (χ1v) is 8.95. The lowest BCUT2D eigenvalue weighted by Gasteiger charge is -2.28. The zero-order valence-electron chi connectivity index (χ0n) is 15.4. The Labute approximate surface area is 157 Å². The highest BCUT2D eigenvalue weighted by Gasteiger charge is 2.39. The number of benzene rings is 1. The highest BCUT2D eigenvalue weighted by molar-refractivity contribution is 5.98. The molecule has 144 valence electrons. The van der Waals surface area contributed by atoms with E-state index in [0.717, 1.165) is 18.4 Å². The van der Waals surface area contributed by atoms with E-state index in [1.165, 1.54) is 4.57 Å². The standard InChI is InChI=1S/C20H23NO6/c1-3-20(4-2)11-26-16-14(18(22)23)21(10-13-8-6-5-7-9-13)15(19(24)25)17(16)27-12-20/h5-9H,3-4,10-12H2,1-2H3,(H,22,23)(H,24,25). The van der Waals surface area contributed by atoms with Gasteiger partial charge in [-0.05, 0) is 18.4 Å². The van der Waals surface area contributed by atoms with E-state index in [4.69, 9.17) is 9.47 Å². The van der Waals surface area contributed by atoms with Crippen LogP contribution in [0.2, 0.25) is 0 Å². The highest BCUT2D eigenvalue weighted by Crippen LogP contribution is 2.44. The van der Waals surface area contributed by atoms with Crippen molar-refractivity contribution >= 4 is 11.9 Å². The number of carboxylic acids is 2. The molecule has 1 aromatic carbocycles. The molecule has 3 rings (SSSR count). The van der Waals surface area contributed by atoms with Gasteiger partial charge in [0.15, 0.2) is 22.9 Å². The molecule has 1 aliphatic rings. The average molecular weight is 373 g/mol. The van der Waals surface area contributed by atoms with Gasteiger partial charge in [-0.1, -0.05) is 44.2 Å². The van der Waals surface area contributed by atoms with Gasteiger partial charge < -0.3 is 24.3 Å². The number of nitrogens with zero attached hydrogens (tertiary/aromatic N) is 1. The molecular weight excluding hydrogens is 350 g/mol. The van der Waals surface area contributed by atoms with E-state index in [1.54, 1.807) is 0 Å². The Morgan fingerprint density at radius 1 is 0.963 bits per heavy atom. The van der Waals surface area contributed by atoms with Crippen molar-refractivity contribution in [1.82, 2.24) is 4.57 Å². The first kappa shape index (κ1) is 18.8. The van der Waals surface area contributed by atoms with Crippen LogP contribution in [0.4, 0.5) is 0 Å². The predicted octanol–water partition coefficient (Wildman–Crippen LogP) is 3.51. The average Bonchev–Trinajstić information content (AvgIpc) is 2.85. The molecule has 0 bridgehead atoms. The first-order valence-electron chi connectivity index (χ1n) is 8.95. The normalized spacial score (nSPS) is 15.2.